The number of rotatable bonds is 5. The summed E-state index contributed by atoms with van der Waals surface area (Å²) in [4.78, 5) is 0. The van der Waals surface area contributed by atoms with Crippen molar-refractivity contribution >= 4 is 87.2 Å². The molecule has 0 saturated heterocycles. The summed E-state index contributed by atoms with van der Waals surface area (Å²) in [7, 11) is 0. The number of hydrogen-bond acceptors (Lipinski definition) is 1. The maximum absolute atomic E-state index is 15.5. The van der Waals surface area contributed by atoms with Gasteiger partial charge in [-0.2, -0.15) is 31.6 Å². The molecular formula is C63H35F6N5. The molecule has 354 valence electrons. The molecule has 0 aliphatic rings. The van der Waals surface area contributed by atoms with E-state index in [1.807, 2.05) is 133 Å². The fourth-order valence-corrected chi connectivity index (χ4v) is 11.7. The second-order valence-electron chi connectivity index (χ2n) is 18.6. The summed E-state index contributed by atoms with van der Waals surface area (Å²) in [5.74, 6) is 0. The quantitative estimate of drug-likeness (QED) is 0.159. The number of halogens is 6. The molecule has 74 heavy (non-hydrogen) atoms. The molecule has 0 saturated carbocycles. The Morgan fingerprint density at radius 3 is 1.00 bits per heavy atom. The molecule has 0 bridgehead atoms. The van der Waals surface area contributed by atoms with Crippen molar-refractivity contribution in [3.8, 4) is 39.9 Å². The van der Waals surface area contributed by atoms with Crippen LogP contribution < -0.4 is 0 Å². The van der Waals surface area contributed by atoms with E-state index in [1.54, 1.807) is 21.3 Å². The van der Waals surface area contributed by atoms with Crippen molar-refractivity contribution in [2.45, 2.75) is 12.4 Å². The summed E-state index contributed by atoms with van der Waals surface area (Å²) >= 11 is 0. The van der Waals surface area contributed by atoms with Crippen LogP contribution in [0, 0.1) is 11.3 Å². The van der Waals surface area contributed by atoms with E-state index in [-0.39, 0.29) is 22.5 Å². The van der Waals surface area contributed by atoms with Crippen molar-refractivity contribution in [2.24, 2.45) is 0 Å². The van der Waals surface area contributed by atoms with Crippen LogP contribution in [0.25, 0.3) is 121 Å². The molecule has 0 amide bonds. The molecule has 14 rings (SSSR count). The van der Waals surface area contributed by atoms with Crippen LogP contribution in [0.2, 0.25) is 0 Å². The number of nitrogens with zero attached hydrogens (tertiary/aromatic N) is 5. The Morgan fingerprint density at radius 1 is 0.311 bits per heavy atom. The van der Waals surface area contributed by atoms with Gasteiger partial charge in [0.2, 0.25) is 0 Å². The molecule has 0 fully saturated rings. The highest BCUT2D eigenvalue weighted by molar-refractivity contribution is 6.15. The summed E-state index contributed by atoms with van der Waals surface area (Å²) in [5, 5.41) is 18.5. The Hall–Kier alpha value is -9.53. The Bertz CT molecular complexity index is 4590. The monoisotopic (exact) mass is 975 g/mol. The van der Waals surface area contributed by atoms with Gasteiger partial charge in [0, 0.05) is 65.6 Å². The Balaban J connectivity index is 1.07. The second kappa shape index (κ2) is 15.7. The molecule has 0 N–H and O–H groups in total. The molecule has 11 heteroatoms. The molecule has 0 radical (unpaired) electrons. The maximum atomic E-state index is 15.5. The highest BCUT2D eigenvalue weighted by atomic mass is 19.4. The number of aromatic nitrogens is 4. The molecule has 0 aliphatic carbocycles. The number of para-hydroxylation sites is 6. The van der Waals surface area contributed by atoms with Crippen LogP contribution in [-0.4, -0.2) is 18.3 Å². The van der Waals surface area contributed by atoms with E-state index in [2.05, 4.69) is 51.6 Å². The van der Waals surface area contributed by atoms with Gasteiger partial charge in [-0.3, -0.25) is 0 Å². The van der Waals surface area contributed by atoms with E-state index < -0.39 is 29.0 Å². The Labute approximate surface area is 416 Å². The third-order valence-corrected chi connectivity index (χ3v) is 14.6. The lowest BCUT2D eigenvalue weighted by Crippen LogP contribution is -2.15. The van der Waals surface area contributed by atoms with Crippen molar-refractivity contribution in [1.29, 1.82) is 5.26 Å². The zero-order chi connectivity index (χ0) is 50.2. The first-order valence-corrected chi connectivity index (χ1v) is 23.9. The van der Waals surface area contributed by atoms with Crippen molar-refractivity contribution in [2.75, 3.05) is 0 Å². The molecule has 10 aromatic carbocycles. The molecule has 4 heterocycles. The van der Waals surface area contributed by atoms with Gasteiger partial charge in [-0.1, -0.05) is 115 Å². The molecule has 0 aliphatic heterocycles. The van der Waals surface area contributed by atoms with Gasteiger partial charge < -0.3 is 18.3 Å². The van der Waals surface area contributed by atoms with Gasteiger partial charge in [0.05, 0.1) is 72.2 Å². The summed E-state index contributed by atoms with van der Waals surface area (Å²) in [6.07, 6.45) is -10.4. The number of alkyl halides is 6. The minimum atomic E-state index is -5.21. The smallest absolute Gasteiger partial charge is 0.309 e. The van der Waals surface area contributed by atoms with Gasteiger partial charge in [0.15, 0.2) is 0 Å². The van der Waals surface area contributed by atoms with Gasteiger partial charge >= 0.3 is 12.4 Å². The highest BCUT2D eigenvalue weighted by Crippen LogP contribution is 2.49. The zero-order valence-corrected chi connectivity index (χ0v) is 38.7. The van der Waals surface area contributed by atoms with Crippen LogP contribution in [0.15, 0.2) is 212 Å². The summed E-state index contributed by atoms with van der Waals surface area (Å²) < 4.78 is 101. The van der Waals surface area contributed by atoms with Gasteiger partial charge in [0.1, 0.15) is 6.07 Å². The van der Waals surface area contributed by atoms with Crippen molar-refractivity contribution in [3.63, 3.8) is 0 Å². The third kappa shape index (κ3) is 6.24. The van der Waals surface area contributed by atoms with Crippen molar-refractivity contribution < 1.29 is 26.3 Å². The molecule has 0 spiro atoms. The number of nitriles is 1. The van der Waals surface area contributed by atoms with Gasteiger partial charge in [0.25, 0.3) is 0 Å². The molecule has 14 aromatic rings. The van der Waals surface area contributed by atoms with E-state index >= 15 is 26.3 Å². The second-order valence-corrected chi connectivity index (χ2v) is 18.6. The van der Waals surface area contributed by atoms with E-state index in [4.69, 9.17) is 0 Å². The van der Waals surface area contributed by atoms with Crippen molar-refractivity contribution in [1.82, 2.24) is 18.3 Å². The van der Waals surface area contributed by atoms with E-state index in [0.29, 0.717) is 45.0 Å². The molecule has 0 atom stereocenters. The van der Waals surface area contributed by atoms with Crippen LogP contribution in [0.1, 0.15) is 16.7 Å². The summed E-state index contributed by atoms with van der Waals surface area (Å²) in [6, 6.07) is 66.1. The van der Waals surface area contributed by atoms with Crippen LogP contribution >= 0.6 is 0 Å². The first kappa shape index (κ1) is 43.3. The fraction of sp³-hybridized carbons (Fsp3) is 0.0317. The summed E-state index contributed by atoms with van der Waals surface area (Å²) in [5.41, 5.74) is 3.57. The molecule has 0 unspecified atom stereocenters. The predicted octanol–water partition coefficient (Wildman–Crippen LogP) is 17.7. The molecular weight excluding hydrogens is 941 g/mol. The highest BCUT2D eigenvalue weighted by Gasteiger charge is 2.42. The van der Waals surface area contributed by atoms with E-state index in [0.717, 1.165) is 71.8 Å². The van der Waals surface area contributed by atoms with E-state index in [9.17, 15) is 5.26 Å². The fourth-order valence-electron chi connectivity index (χ4n) is 11.7. The average Bonchev–Trinajstić information content (AvgIpc) is 4.15. The number of fused-ring (bicyclic) bond motifs is 12. The number of benzene rings is 10. The van der Waals surface area contributed by atoms with Crippen LogP contribution in [0.4, 0.5) is 26.3 Å². The van der Waals surface area contributed by atoms with Crippen molar-refractivity contribution in [3.05, 3.63) is 229 Å². The first-order valence-electron chi connectivity index (χ1n) is 23.9. The van der Waals surface area contributed by atoms with Crippen LogP contribution in [-0.2, 0) is 12.4 Å². The maximum Gasteiger partial charge on any atom is 0.417 e. The zero-order valence-electron chi connectivity index (χ0n) is 38.7. The van der Waals surface area contributed by atoms with E-state index in [1.165, 1.54) is 12.1 Å². The Kier molecular flexibility index (Phi) is 9.20. The number of hydrogen-bond donors (Lipinski definition) is 0. The lowest BCUT2D eigenvalue weighted by Gasteiger charge is -2.24. The molecule has 5 nitrogen and oxygen atoms in total. The molecule has 4 aromatic heterocycles. The average molecular weight is 976 g/mol. The minimum absolute atomic E-state index is 0.0299. The predicted molar refractivity (Wildman–Crippen MR) is 284 cm³/mol. The third-order valence-electron chi connectivity index (χ3n) is 14.6. The summed E-state index contributed by atoms with van der Waals surface area (Å²) in [6.45, 7) is 0. The van der Waals surface area contributed by atoms with Gasteiger partial charge in [-0.25, -0.2) is 0 Å². The van der Waals surface area contributed by atoms with Gasteiger partial charge in [-0.15, -0.1) is 0 Å². The van der Waals surface area contributed by atoms with Crippen LogP contribution in [0.3, 0.4) is 0 Å². The first-order chi connectivity index (χ1) is 36.0. The van der Waals surface area contributed by atoms with Gasteiger partial charge in [-0.05, 0) is 97.1 Å². The normalized spacial score (nSPS) is 12.4. The lowest BCUT2D eigenvalue weighted by molar-refractivity contribution is -0.142. The Morgan fingerprint density at radius 2 is 0.635 bits per heavy atom. The largest absolute Gasteiger partial charge is 0.417 e. The lowest BCUT2D eigenvalue weighted by atomic mass is 9.90. The van der Waals surface area contributed by atoms with Crippen LogP contribution in [0.5, 0.6) is 0 Å². The standard InChI is InChI=1S/C63H35F6N5/c64-62(65,66)49-20-13-21-50(63(67,68)69)61(49)48-35-59(73-55-26-11-5-18-44(55)46-33-38(28-30-57(46)73)71-51-22-7-1-14-40(51)41-15-2-8-23-52(41)71)37(36-70)32-60(48)74-56-27-12-6-19-45(56)47-34-39(29-31-58(47)74)72-53-24-9-3-16-42(53)43-17-4-10-25-54(43)72/h1-35H. The topological polar surface area (TPSA) is 43.5 Å². The SMILES string of the molecule is N#Cc1cc(-n2c3ccccc3c3cc(-n4c5ccccc5c5ccccc54)ccc32)c(-c2c(C(F)(F)F)cccc2C(F)(F)F)cc1-n1c2ccccc2c2cc(-n3c4ccccc4c4ccccc43)ccc21. The minimum Gasteiger partial charge on any atom is -0.309 e.